The molecule has 0 radical (unpaired) electrons. The van der Waals surface area contributed by atoms with E-state index in [1.54, 1.807) is 14.2 Å². The summed E-state index contributed by atoms with van der Waals surface area (Å²) in [7, 11) is 3.25. The minimum absolute atomic E-state index is 0.833. The molecule has 0 atom stereocenters. The molecule has 0 N–H and O–H groups in total. The monoisotopic (exact) mass is 318 g/mol. The van der Waals surface area contributed by atoms with Gasteiger partial charge in [-0.1, -0.05) is 114 Å². The van der Waals surface area contributed by atoms with Gasteiger partial charge in [-0.15, -0.1) is 0 Å². The molecule has 2 rings (SSSR count). The highest BCUT2D eigenvalue weighted by atomic mass is 16.4. The molecule has 132 valence electrons. The van der Waals surface area contributed by atoms with Gasteiger partial charge < -0.3 is 4.74 Å². The average molecular weight is 319 g/mol. The first-order chi connectivity index (χ1) is 10.9. The van der Waals surface area contributed by atoms with Crippen molar-refractivity contribution in [2.24, 2.45) is 11.8 Å². The molecule has 2 aromatic rings. The van der Waals surface area contributed by atoms with E-state index >= 15 is 0 Å². The van der Waals surface area contributed by atoms with Crippen LogP contribution in [-0.2, 0) is 4.74 Å². The van der Waals surface area contributed by atoms with E-state index < -0.39 is 0 Å². The SMILES string of the molecule is CC(C)C.CC(C)C.COC.c1ccccc1.c1ccccc1. The molecule has 0 fully saturated rings. The maximum atomic E-state index is 4.25. The lowest BCUT2D eigenvalue weighted by atomic mass is 10.3. The number of benzene rings is 2. The largest absolute Gasteiger partial charge is 0.388 e. The van der Waals surface area contributed by atoms with Gasteiger partial charge in [0.2, 0.25) is 0 Å². The summed E-state index contributed by atoms with van der Waals surface area (Å²) in [5, 5.41) is 0. The predicted octanol–water partition coefficient (Wildman–Crippen LogP) is 6.96. The van der Waals surface area contributed by atoms with Gasteiger partial charge in [-0.2, -0.15) is 0 Å². The highest BCUT2D eigenvalue weighted by Crippen LogP contribution is 1.82. The van der Waals surface area contributed by atoms with Crippen LogP contribution >= 0.6 is 0 Å². The molecule has 2 aromatic carbocycles. The summed E-state index contributed by atoms with van der Waals surface area (Å²) < 4.78 is 4.25. The number of hydrogen-bond acceptors (Lipinski definition) is 1. The molecule has 23 heavy (non-hydrogen) atoms. The van der Waals surface area contributed by atoms with E-state index in [0.717, 1.165) is 11.8 Å². The molecule has 0 aliphatic carbocycles. The van der Waals surface area contributed by atoms with Crippen molar-refractivity contribution in [3.8, 4) is 0 Å². The Morgan fingerprint density at radius 3 is 0.478 bits per heavy atom. The molecule has 0 heterocycles. The van der Waals surface area contributed by atoms with Gasteiger partial charge in [0.1, 0.15) is 0 Å². The summed E-state index contributed by atoms with van der Waals surface area (Å²) in [6, 6.07) is 24.0. The zero-order valence-electron chi connectivity index (χ0n) is 16.5. The third-order valence-electron chi connectivity index (χ3n) is 1.33. The molecule has 1 nitrogen and oxygen atoms in total. The van der Waals surface area contributed by atoms with E-state index in [9.17, 15) is 0 Å². The molecule has 0 saturated carbocycles. The number of methoxy groups -OCH3 is 1. The van der Waals surface area contributed by atoms with Crippen molar-refractivity contribution in [1.82, 2.24) is 0 Å². The highest BCUT2D eigenvalue weighted by molar-refractivity contribution is 4.99. The highest BCUT2D eigenvalue weighted by Gasteiger charge is 1.68. The molecule has 1 heteroatoms. The zero-order chi connectivity index (χ0) is 18.3. The van der Waals surface area contributed by atoms with Gasteiger partial charge in [-0.05, 0) is 11.8 Å². The van der Waals surface area contributed by atoms with Crippen molar-refractivity contribution >= 4 is 0 Å². The molecule has 0 spiro atoms. The smallest absolute Gasteiger partial charge is 0.0351 e. The zero-order valence-corrected chi connectivity index (χ0v) is 16.5. The first-order valence-corrected chi connectivity index (χ1v) is 8.28. The van der Waals surface area contributed by atoms with Crippen LogP contribution in [0.4, 0.5) is 0 Å². The van der Waals surface area contributed by atoms with Gasteiger partial charge in [0.15, 0.2) is 0 Å². The molecule has 0 aliphatic rings. The molecule has 0 saturated heterocycles. The summed E-state index contributed by atoms with van der Waals surface area (Å²) in [5.41, 5.74) is 0. The van der Waals surface area contributed by atoms with Crippen LogP contribution in [0.15, 0.2) is 72.8 Å². The fourth-order valence-corrected chi connectivity index (χ4v) is 0.770. The fourth-order valence-electron chi connectivity index (χ4n) is 0.770. The number of ether oxygens (including phenoxy) is 1. The molecule has 0 aromatic heterocycles. The van der Waals surface area contributed by atoms with Gasteiger partial charge in [-0.3, -0.25) is 0 Å². The van der Waals surface area contributed by atoms with Crippen LogP contribution in [0, 0.1) is 11.8 Å². The van der Waals surface area contributed by atoms with Gasteiger partial charge in [0.05, 0.1) is 0 Å². The normalized spacial score (nSPS) is 8.09. The van der Waals surface area contributed by atoms with Crippen LogP contribution in [0.2, 0.25) is 0 Å². The summed E-state index contributed by atoms with van der Waals surface area (Å²) in [5.74, 6) is 1.67. The van der Waals surface area contributed by atoms with Gasteiger partial charge in [0.25, 0.3) is 0 Å². The summed E-state index contributed by atoms with van der Waals surface area (Å²) >= 11 is 0. The second-order valence-electron chi connectivity index (χ2n) is 6.18. The average Bonchev–Trinajstić information content (AvgIpc) is 2.51. The molecule has 0 amide bonds. The minimum Gasteiger partial charge on any atom is -0.388 e. The van der Waals surface area contributed by atoms with Gasteiger partial charge in [-0.25, -0.2) is 0 Å². The number of rotatable bonds is 0. The Kier molecular flexibility index (Phi) is 29.0. The summed E-state index contributed by atoms with van der Waals surface area (Å²) in [4.78, 5) is 0. The Hall–Kier alpha value is -1.60. The Bertz CT molecular complexity index is 258. The standard InChI is InChI=1S/2C6H6.2C4H10.C2H6O/c2*1-2-4-6-5-3-1;2*1-4(2)3;1-3-2/h2*1-6H;2*4H,1-3H3;1-2H3. The Labute approximate surface area is 145 Å². The quantitative estimate of drug-likeness (QED) is 0.510. The van der Waals surface area contributed by atoms with Crippen molar-refractivity contribution < 1.29 is 4.74 Å². The van der Waals surface area contributed by atoms with Crippen molar-refractivity contribution in [3.63, 3.8) is 0 Å². The first-order valence-electron chi connectivity index (χ1n) is 8.28. The predicted molar refractivity (Wildman–Crippen MR) is 107 cm³/mol. The lowest BCUT2D eigenvalue weighted by Gasteiger charge is -1.79. The third kappa shape index (κ3) is 63.9. The maximum Gasteiger partial charge on any atom is 0.0351 e. The van der Waals surface area contributed by atoms with E-state index in [1.807, 2.05) is 72.8 Å². The van der Waals surface area contributed by atoms with E-state index in [0.29, 0.717) is 0 Å². The second-order valence-corrected chi connectivity index (χ2v) is 6.18. The van der Waals surface area contributed by atoms with Crippen molar-refractivity contribution in [3.05, 3.63) is 72.8 Å². The fraction of sp³-hybridized carbons (Fsp3) is 0.455. The van der Waals surface area contributed by atoms with E-state index in [4.69, 9.17) is 0 Å². The van der Waals surface area contributed by atoms with Gasteiger partial charge in [0, 0.05) is 14.2 Å². The summed E-state index contributed by atoms with van der Waals surface area (Å²) in [6.45, 7) is 13.0. The van der Waals surface area contributed by atoms with E-state index in [2.05, 4.69) is 46.3 Å². The Morgan fingerprint density at radius 2 is 0.435 bits per heavy atom. The topological polar surface area (TPSA) is 9.23 Å². The Morgan fingerprint density at radius 1 is 0.391 bits per heavy atom. The minimum atomic E-state index is 0.833. The van der Waals surface area contributed by atoms with E-state index in [1.165, 1.54) is 0 Å². The lowest BCUT2D eigenvalue weighted by Crippen LogP contribution is -1.66. The van der Waals surface area contributed by atoms with Crippen LogP contribution in [0.1, 0.15) is 41.5 Å². The second kappa shape index (κ2) is 25.4. The molecule has 0 bridgehead atoms. The summed E-state index contributed by atoms with van der Waals surface area (Å²) in [6.07, 6.45) is 0. The molecular formula is C22H38O. The molecule has 0 aliphatic heterocycles. The third-order valence-corrected chi connectivity index (χ3v) is 1.33. The van der Waals surface area contributed by atoms with Crippen molar-refractivity contribution in [2.75, 3.05) is 14.2 Å². The van der Waals surface area contributed by atoms with Crippen LogP contribution in [0.25, 0.3) is 0 Å². The molecular weight excluding hydrogens is 280 g/mol. The van der Waals surface area contributed by atoms with Crippen LogP contribution in [0.3, 0.4) is 0 Å². The van der Waals surface area contributed by atoms with Crippen LogP contribution in [-0.4, -0.2) is 14.2 Å². The van der Waals surface area contributed by atoms with Crippen LogP contribution < -0.4 is 0 Å². The van der Waals surface area contributed by atoms with E-state index in [-0.39, 0.29) is 0 Å². The number of hydrogen-bond donors (Lipinski definition) is 0. The van der Waals surface area contributed by atoms with Crippen molar-refractivity contribution in [1.29, 1.82) is 0 Å². The first kappa shape index (κ1) is 26.3. The van der Waals surface area contributed by atoms with Crippen molar-refractivity contribution in [2.45, 2.75) is 41.5 Å². The Balaban J connectivity index is -0.000000224. The van der Waals surface area contributed by atoms with Crippen LogP contribution in [0.5, 0.6) is 0 Å². The maximum absolute atomic E-state index is 4.25. The molecule has 0 unspecified atom stereocenters. The van der Waals surface area contributed by atoms with Gasteiger partial charge >= 0.3 is 0 Å². The lowest BCUT2D eigenvalue weighted by molar-refractivity contribution is 0.277.